The molecule has 100 valence electrons. The van der Waals surface area contributed by atoms with Crippen molar-refractivity contribution in [1.82, 2.24) is 4.72 Å². The summed E-state index contributed by atoms with van der Waals surface area (Å²) in [4.78, 5) is 11.4. The highest BCUT2D eigenvalue weighted by Gasteiger charge is 2.23. The van der Waals surface area contributed by atoms with Gasteiger partial charge in [0.05, 0.1) is 12.8 Å². The summed E-state index contributed by atoms with van der Waals surface area (Å²) in [6.45, 7) is 0. The number of benzene rings is 1. The second kappa shape index (κ2) is 5.02. The normalized spacial score (nSPS) is 16.9. The molecule has 1 aromatic carbocycles. The minimum atomic E-state index is -3.97. The van der Waals surface area contributed by atoms with Crippen molar-refractivity contribution in [3.63, 3.8) is 0 Å². The first-order chi connectivity index (χ1) is 8.91. The van der Waals surface area contributed by atoms with Gasteiger partial charge in [0.2, 0.25) is 0 Å². The maximum atomic E-state index is 11.6. The van der Waals surface area contributed by atoms with Crippen molar-refractivity contribution in [3.05, 3.63) is 46.6 Å². The third kappa shape index (κ3) is 3.12. The largest absolute Gasteiger partial charge is 0.464 e. The molecule has 2 rings (SSSR count). The van der Waals surface area contributed by atoms with Crippen LogP contribution in [0.5, 0.6) is 0 Å². The van der Waals surface area contributed by atoms with E-state index in [1.807, 2.05) is 4.72 Å². The van der Waals surface area contributed by atoms with E-state index >= 15 is 0 Å². The number of ether oxygens (including phenoxy) is 1. The fraction of sp³-hybridized carbons (Fsp3) is 0.0909. The first-order valence-electron chi connectivity index (χ1n) is 5.10. The molecule has 0 aliphatic carbocycles. The van der Waals surface area contributed by atoms with Gasteiger partial charge in [0.1, 0.15) is 5.70 Å². The van der Waals surface area contributed by atoms with Crippen LogP contribution < -0.4 is 4.72 Å². The van der Waals surface area contributed by atoms with Crippen molar-refractivity contribution in [2.24, 2.45) is 4.40 Å². The quantitative estimate of drug-likeness (QED) is 0.827. The summed E-state index contributed by atoms with van der Waals surface area (Å²) in [6, 6.07) is 6.48. The second-order valence-electron chi connectivity index (χ2n) is 3.61. The molecule has 1 N–H and O–H groups in total. The lowest BCUT2D eigenvalue weighted by atomic mass is 10.1. The Morgan fingerprint density at radius 3 is 2.79 bits per heavy atom. The van der Waals surface area contributed by atoms with Gasteiger partial charge in [-0.15, -0.1) is 4.40 Å². The lowest BCUT2D eigenvalue weighted by molar-refractivity contribution is -0.136. The highest BCUT2D eigenvalue weighted by atomic mass is 35.5. The number of carbonyl (C=O) groups is 1. The smallest absolute Gasteiger partial charge is 0.355 e. The molecule has 0 radical (unpaired) electrons. The molecule has 0 fully saturated rings. The van der Waals surface area contributed by atoms with E-state index in [2.05, 4.69) is 9.13 Å². The predicted octanol–water partition coefficient (Wildman–Crippen LogP) is 1.03. The van der Waals surface area contributed by atoms with E-state index in [0.717, 1.165) is 7.11 Å². The number of hydrogen-bond acceptors (Lipinski definition) is 4. The molecule has 8 heteroatoms. The van der Waals surface area contributed by atoms with Crippen LogP contribution in [0.3, 0.4) is 0 Å². The Hall–Kier alpha value is -1.86. The van der Waals surface area contributed by atoms with Gasteiger partial charge in [-0.25, -0.2) is 4.79 Å². The topological polar surface area (TPSA) is 84.8 Å². The lowest BCUT2D eigenvalue weighted by Gasteiger charge is -2.13. The van der Waals surface area contributed by atoms with Crippen molar-refractivity contribution in [2.75, 3.05) is 7.11 Å². The van der Waals surface area contributed by atoms with E-state index in [1.165, 1.54) is 6.08 Å². The predicted molar refractivity (Wildman–Crippen MR) is 70.1 cm³/mol. The molecule has 19 heavy (non-hydrogen) atoms. The van der Waals surface area contributed by atoms with E-state index < -0.39 is 16.2 Å². The van der Waals surface area contributed by atoms with Gasteiger partial charge in [-0.1, -0.05) is 23.7 Å². The van der Waals surface area contributed by atoms with Gasteiger partial charge in [0, 0.05) is 10.6 Å². The molecule has 0 amide bonds. The van der Waals surface area contributed by atoms with Crippen LogP contribution >= 0.6 is 11.6 Å². The summed E-state index contributed by atoms with van der Waals surface area (Å²) < 4.78 is 33.1. The third-order valence-electron chi connectivity index (χ3n) is 2.26. The van der Waals surface area contributed by atoms with Gasteiger partial charge >= 0.3 is 16.2 Å². The first-order valence-corrected chi connectivity index (χ1v) is 6.92. The Labute approximate surface area is 114 Å². The fourth-order valence-electron chi connectivity index (χ4n) is 1.48. The maximum Gasteiger partial charge on any atom is 0.355 e. The Morgan fingerprint density at radius 2 is 2.16 bits per heavy atom. The number of esters is 1. The molecule has 1 aliphatic rings. The van der Waals surface area contributed by atoms with Gasteiger partial charge < -0.3 is 4.74 Å². The Bertz CT molecular complexity index is 694. The number of hydrogen-bond donors (Lipinski definition) is 1. The third-order valence-corrected chi connectivity index (χ3v) is 3.41. The highest BCUT2D eigenvalue weighted by Crippen LogP contribution is 2.16. The van der Waals surface area contributed by atoms with E-state index in [1.54, 1.807) is 24.3 Å². The molecule has 0 atom stereocenters. The van der Waals surface area contributed by atoms with Crippen LogP contribution in [-0.4, -0.2) is 27.2 Å². The fourth-order valence-corrected chi connectivity index (χ4v) is 2.55. The van der Waals surface area contributed by atoms with Crippen LogP contribution in [0.1, 0.15) is 5.56 Å². The summed E-state index contributed by atoms with van der Waals surface area (Å²) in [5.74, 6) is -0.794. The molecule has 6 nitrogen and oxygen atoms in total. The average molecular weight is 301 g/mol. The molecule has 1 heterocycles. The zero-order chi connectivity index (χ0) is 14.0. The average Bonchev–Trinajstić information content (AvgIpc) is 2.36. The number of carbonyl (C=O) groups excluding carboxylic acids is 1. The lowest BCUT2D eigenvalue weighted by Crippen LogP contribution is -2.31. The number of halogens is 1. The van der Waals surface area contributed by atoms with Crippen molar-refractivity contribution in [2.45, 2.75) is 0 Å². The Morgan fingerprint density at radius 1 is 1.42 bits per heavy atom. The molecular formula is C11H9ClN2O4S. The monoisotopic (exact) mass is 300 g/mol. The summed E-state index contributed by atoms with van der Waals surface area (Å²) in [5.41, 5.74) is 0.396. The molecule has 1 aliphatic heterocycles. The minimum absolute atomic E-state index is 0.113. The van der Waals surface area contributed by atoms with E-state index in [-0.39, 0.29) is 11.4 Å². The Balaban J connectivity index is 2.52. The summed E-state index contributed by atoms with van der Waals surface area (Å²) in [5, 5.41) is 0.434. The number of rotatable bonds is 2. The van der Waals surface area contributed by atoms with Crippen molar-refractivity contribution >= 4 is 33.5 Å². The number of nitrogens with one attached hydrogen (secondary N) is 1. The van der Waals surface area contributed by atoms with Crippen molar-refractivity contribution < 1.29 is 17.9 Å². The van der Waals surface area contributed by atoms with Gasteiger partial charge in [0.15, 0.2) is 0 Å². The van der Waals surface area contributed by atoms with Crippen LogP contribution in [0.4, 0.5) is 0 Å². The molecule has 0 aromatic heterocycles. The summed E-state index contributed by atoms with van der Waals surface area (Å²) in [6.07, 6.45) is 1.29. The number of allylic oxidation sites excluding steroid dienone is 1. The van der Waals surface area contributed by atoms with Crippen LogP contribution in [0.25, 0.3) is 0 Å². The van der Waals surface area contributed by atoms with Crippen LogP contribution in [0.15, 0.2) is 40.4 Å². The molecular weight excluding hydrogens is 292 g/mol. The number of methoxy groups -OCH3 is 1. The molecule has 0 saturated carbocycles. The van der Waals surface area contributed by atoms with Gasteiger partial charge in [-0.05, 0) is 18.2 Å². The van der Waals surface area contributed by atoms with Crippen molar-refractivity contribution in [1.29, 1.82) is 0 Å². The zero-order valence-corrected chi connectivity index (χ0v) is 11.3. The minimum Gasteiger partial charge on any atom is -0.464 e. The van der Waals surface area contributed by atoms with Gasteiger partial charge in [0.25, 0.3) is 0 Å². The Kier molecular flexibility index (Phi) is 3.59. The summed E-state index contributed by atoms with van der Waals surface area (Å²) >= 11 is 5.83. The molecule has 0 spiro atoms. The van der Waals surface area contributed by atoms with Crippen LogP contribution in [0, 0.1) is 0 Å². The van der Waals surface area contributed by atoms with Gasteiger partial charge in [-0.3, -0.25) is 4.72 Å². The number of nitrogens with zero attached hydrogens (tertiary/aromatic N) is 1. The zero-order valence-electron chi connectivity index (χ0n) is 9.75. The molecule has 0 bridgehead atoms. The first kappa shape index (κ1) is 13.6. The molecule has 0 saturated heterocycles. The van der Waals surface area contributed by atoms with E-state index in [9.17, 15) is 13.2 Å². The second-order valence-corrected chi connectivity index (χ2v) is 5.39. The van der Waals surface area contributed by atoms with Gasteiger partial charge in [-0.2, -0.15) is 8.42 Å². The SMILES string of the molecule is COC(=O)C1=CC(c2cccc(Cl)c2)=NS(=O)(=O)N1. The standard InChI is InChI=1S/C11H9ClN2O4S/c1-18-11(15)10-6-9(13-19(16,17)14-10)7-3-2-4-8(12)5-7/h2-6,14H,1H3. The molecule has 0 unspecified atom stereocenters. The molecule has 1 aromatic rings. The summed E-state index contributed by atoms with van der Waals surface area (Å²) in [7, 11) is -2.82. The van der Waals surface area contributed by atoms with Crippen molar-refractivity contribution in [3.8, 4) is 0 Å². The highest BCUT2D eigenvalue weighted by molar-refractivity contribution is 7.88. The van der Waals surface area contributed by atoms with Crippen LogP contribution in [-0.2, 0) is 19.7 Å². The van der Waals surface area contributed by atoms with E-state index in [0.29, 0.717) is 10.6 Å². The maximum absolute atomic E-state index is 11.6. The van der Waals surface area contributed by atoms with E-state index in [4.69, 9.17) is 11.6 Å². The van der Waals surface area contributed by atoms with Crippen LogP contribution in [0.2, 0.25) is 5.02 Å².